The van der Waals surface area contributed by atoms with Crippen molar-refractivity contribution in [2.24, 2.45) is 0 Å². The Hall–Kier alpha value is -0.940. The quantitative estimate of drug-likeness (QED) is 0.764. The minimum atomic E-state index is -2.74. The Morgan fingerprint density at radius 2 is 2.14 bits per heavy atom. The summed E-state index contributed by atoms with van der Waals surface area (Å²) < 4.78 is 24.8. The molecule has 1 rings (SSSR count). The molecule has 6 heteroatoms. The molecule has 0 radical (unpaired) electrons. The molecule has 0 saturated heterocycles. The van der Waals surface area contributed by atoms with Crippen LogP contribution in [0.3, 0.4) is 0 Å². The summed E-state index contributed by atoms with van der Waals surface area (Å²) in [5.74, 6) is -0.203. The number of hydrogen-bond acceptors (Lipinski definition) is 2. The van der Waals surface area contributed by atoms with Crippen molar-refractivity contribution in [3.8, 4) is 0 Å². The molecular formula is C8H8ClF2NO2. The van der Waals surface area contributed by atoms with Crippen molar-refractivity contribution in [3.05, 3.63) is 33.2 Å². The Morgan fingerprint density at radius 1 is 1.50 bits per heavy atom. The highest BCUT2D eigenvalue weighted by Crippen LogP contribution is 2.23. The predicted molar refractivity (Wildman–Crippen MR) is 47.5 cm³/mol. The number of aliphatic hydroxyl groups excluding tert-OH is 1. The summed E-state index contributed by atoms with van der Waals surface area (Å²) in [5.41, 5.74) is -1.03. The van der Waals surface area contributed by atoms with Gasteiger partial charge in [-0.2, -0.15) is 0 Å². The third-order valence-corrected chi connectivity index (χ3v) is 2.14. The monoisotopic (exact) mass is 223 g/mol. The molecule has 1 heterocycles. The summed E-state index contributed by atoms with van der Waals surface area (Å²) in [4.78, 5) is 13.3. The van der Waals surface area contributed by atoms with Crippen LogP contribution in [0.1, 0.15) is 23.1 Å². The summed E-state index contributed by atoms with van der Waals surface area (Å²) in [5, 5.41) is 8.86. The van der Waals surface area contributed by atoms with Crippen LogP contribution in [0, 0.1) is 0 Å². The van der Waals surface area contributed by atoms with Gasteiger partial charge in [0.2, 0.25) is 0 Å². The van der Waals surface area contributed by atoms with Crippen molar-refractivity contribution >= 4 is 11.6 Å². The number of alkyl halides is 3. The zero-order valence-electron chi connectivity index (χ0n) is 7.06. The standard InChI is InChI=1S/C8H8ClF2NO2/c9-1-4-6(3-13)5(7(10)11)2-12-8(4)14/h2,7,13H,1,3H2,(H,12,14). The van der Waals surface area contributed by atoms with E-state index in [1.165, 1.54) is 0 Å². The number of aliphatic hydroxyl groups is 1. The first-order valence-corrected chi connectivity index (χ1v) is 4.33. The summed E-state index contributed by atoms with van der Waals surface area (Å²) in [6.07, 6.45) is -1.84. The van der Waals surface area contributed by atoms with Crippen LogP contribution in [-0.4, -0.2) is 10.1 Å². The van der Waals surface area contributed by atoms with Crippen LogP contribution >= 0.6 is 11.6 Å². The number of aromatic amines is 1. The zero-order chi connectivity index (χ0) is 10.7. The summed E-state index contributed by atoms with van der Waals surface area (Å²) >= 11 is 5.42. The van der Waals surface area contributed by atoms with Gasteiger partial charge in [-0.15, -0.1) is 11.6 Å². The Labute approximate surface area is 83.3 Å². The molecule has 0 unspecified atom stereocenters. The van der Waals surface area contributed by atoms with Gasteiger partial charge in [-0.3, -0.25) is 4.79 Å². The average Bonchev–Trinajstić information content (AvgIpc) is 2.16. The maximum absolute atomic E-state index is 12.4. The molecule has 14 heavy (non-hydrogen) atoms. The van der Waals surface area contributed by atoms with E-state index in [0.29, 0.717) is 0 Å². The van der Waals surface area contributed by atoms with Gasteiger partial charge in [0.1, 0.15) is 0 Å². The highest BCUT2D eigenvalue weighted by Gasteiger charge is 2.17. The fourth-order valence-corrected chi connectivity index (χ4v) is 1.43. The fraction of sp³-hybridized carbons (Fsp3) is 0.375. The van der Waals surface area contributed by atoms with Gasteiger partial charge in [0.15, 0.2) is 0 Å². The molecule has 0 bridgehead atoms. The van der Waals surface area contributed by atoms with E-state index in [-0.39, 0.29) is 22.6 Å². The molecule has 0 amide bonds. The highest BCUT2D eigenvalue weighted by atomic mass is 35.5. The van der Waals surface area contributed by atoms with Crippen LogP contribution < -0.4 is 5.56 Å². The third kappa shape index (κ3) is 1.93. The minimum Gasteiger partial charge on any atom is -0.392 e. The van der Waals surface area contributed by atoms with Gasteiger partial charge < -0.3 is 10.1 Å². The normalized spacial score (nSPS) is 10.9. The van der Waals surface area contributed by atoms with Crippen LogP contribution in [0.15, 0.2) is 11.0 Å². The Balaban J connectivity index is 3.40. The van der Waals surface area contributed by atoms with Crippen molar-refractivity contribution in [2.45, 2.75) is 18.9 Å². The molecule has 78 valence electrons. The lowest BCUT2D eigenvalue weighted by Crippen LogP contribution is -2.16. The van der Waals surface area contributed by atoms with Gasteiger partial charge in [0, 0.05) is 17.3 Å². The fourth-order valence-electron chi connectivity index (χ4n) is 1.15. The minimum absolute atomic E-state index is 0.00744. The summed E-state index contributed by atoms with van der Waals surface area (Å²) in [6.45, 7) is -0.619. The van der Waals surface area contributed by atoms with Gasteiger partial charge in [0.25, 0.3) is 12.0 Å². The topological polar surface area (TPSA) is 53.1 Å². The van der Waals surface area contributed by atoms with Gasteiger partial charge in [-0.25, -0.2) is 8.78 Å². The molecule has 0 atom stereocenters. The molecule has 1 aromatic rings. The highest BCUT2D eigenvalue weighted by molar-refractivity contribution is 6.17. The third-order valence-electron chi connectivity index (χ3n) is 1.87. The Kier molecular flexibility index (Phi) is 3.60. The van der Waals surface area contributed by atoms with Gasteiger partial charge >= 0.3 is 0 Å². The van der Waals surface area contributed by atoms with Crippen molar-refractivity contribution < 1.29 is 13.9 Å². The first-order valence-electron chi connectivity index (χ1n) is 3.80. The lowest BCUT2D eigenvalue weighted by atomic mass is 10.1. The molecular weight excluding hydrogens is 216 g/mol. The number of aromatic nitrogens is 1. The van der Waals surface area contributed by atoms with E-state index in [0.717, 1.165) is 6.20 Å². The van der Waals surface area contributed by atoms with E-state index in [1.807, 2.05) is 0 Å². The molecule has 0 aliphatic rings. The van der Waals surface area contributed by atoms with Crippen LogP contribution in [0.25, 0.3) is 0 Å². The average molecular weight is 224 g/mol. The number of hydrogen-bond donors (Lipinski definition) is 2. The van der Waals surface area contributed by atoms with Gasteiger partial charge in [-0.05, 0) is 5.56 Å². The van der Waals surface area contributed by atoms with E-state index in [9.17, 15) is 13.6 Å². The van der Waals surface area contributed by atoms with Crippen molar-refractivity contribution in [2.75, 3.05) is 0 Å². The second-order valence-corrected chi connectivity index (χ2v) is 2.89. The van der Waals surface area contributed by atoms with Crippen molar-refractivity contribution in [3.63, 3.8) is 0 Å². The lowest BCUT2D eigenvalue weighted by molar-refractivity contribution is 0.146. The number of rotatable bonds is 3. The molecule has 0 aliphatic heterocycles. The van der Waals surface area contributed by atoms with Crippen molar-refractivity contribution in [1.82, 2.24) is 4.98 Å². The molecule has 0 aromatic carbocycles. The Morgan fingerprint density at radius 3 is 2.57 bits per heavy atom. The van der Waals surface area contributed by atoms with Crippen LogP contribution in [0.4, 0.5) is 8.78 Å². The summed E-state index contributed by atoms with van der Waals surface area (Å²) in [6, 6.07) is 0. The zero-order valence-corrected chi connectivity index (χ0v) is 7.81. The molecule has 1 aromatic heterocycles. The molecule has 0 aliphatic carbocycles. The molecule has 0 saturated carbocycles. The maximum atomic E-state index is 12.4. The number of H-pyrrole nitrogens is 1. The van der Waals surface area contributed by atoms with E-state index in [4.69, 9.17) is 16.7 Å². The molecule has 2 N–H and O–H groups in total. The largest absolute Gasteiger partial charge is 0.392 e. The van der Waals surface area contributed by atoms with E-state index < -0.39 is 18.6 Å². The van der Waals surface area contributed by atoms with E-state index >= 15 is 0 Å². The van der Waals surface area contributed by atoms with E-state index in [2.05, 4.69) is 4.98 Å². The summed E-state index contributed by atoms with van der Waals surface area (Å²) in [7, 11) is 0. The van der Waals surface area contributed by atoms with Gasteiger partial charge in [-0.1, -0.05) is 0 Å². The van der Waals surface area contributed by atoms with Gasteiger partial charge in [0.05, 0.1) is 12.5 Å². The lowest BCUT2D eigenvalue weighted by Gasteiger charge is -2.09. The molecule has 3 nitrogen and oxygen atoms in total. The number of nitrogens with one attached hydrogen (secondary N) is 1. The van der Waals surface area contributed by atoms with E-state index in [1.54, 1.807) is 0 Å². The predicted octanol–water partition coefficient (Wildman–Crippen LogP) is 1.54. The van der Waals surface area contributed by atoms with Crippen LogP contribution in [0.2, 0.25) is 0 Å². The number of halogens is 3. The SMILES string of the molecule is O=c1[nH]cc(C(F)F)c(CO)c1CCl. The van der Waals surface area contributed by atoms with Crippen molar-refractivity contribution in [1.29, 1.82) is 0 Å². The first kappa shape index (κ1) is 11.1. The molecule has 0 fully saturated rings. The van der Waals surface area contributed by atoms with Crippen LogP contribution in [-0.2, 0) is 12.5 Å². The Bertz CT molecular complexity index is 378. The maximum Gasteiger partial charge on any atom is 0.265 e. The number of pyridine rings is 1. The second-order valence-electron chi connectivity index (χ2n) is 2.62. The molecule has 0 spiro atoms. The smallest absolute Gasteiger partial charge is 0.265 e. The first-order chi connectivity index (χ1) is 6.61. The second kappa shape index (κ2) is 4.52. The van der Waals surface area contributed by atoms with Crippen LogP contribution in [0.5, 0.6) is 0 Å².